The topological polar surface area (TPSA) is 135 Å². The quantitative estimate of drug-likeness (QED) is 0.101. The van der Waals surface area contributed by atoms with Gasteiger partial charge in [-0.15, -0.1) is 0 Å². The molecule has 5 N–H and O–H groups in total. The Bertz CT molecular complexity index is 7720. The van der Waals surface area contributed by atoms with Gasteiger partial charge in [-0.25, -0.2) is 19.9 Å². The summed E-state index contributed by atoms with van der Waals surface area (Å²) in [6.45, 7) is 54.9. The molecule has 0 aliphatic carbocycles. The highest BCUT2D eigenvalue weighted by atomic mass is 16.3. The molecule has 9 heteroatoms. The van der Waals surface area contributed by atoms with Crippen molar-refractivity contribution >= 4 is 92.7 Å². The number of fused-ring (bicyclic) bond motifs is 16. The second kappa shape index (κ2) is 37.0. The van der Waals surface area contributed by atoms with Crippen molar-refractivity contribution in [2.75, 3.05) is 0 Å². The van der Waals surface area contributed by atoms with E-state index in [9.17, 15) is 5.11 Å². The molecule has 15 aromatic rings. The van der Waals surface area contributed by atoms with Crippen LogP contribution < -0.4 is 0 Å². The predicted octanol–water partition coefficient (Wildman–Crippen LogP) is 33.1. The maximum atomic E-state index is 12.9. The number of rotatable bonds is 7. The first-order chi connectivity index (χ1) is 68.2. The highest BCUT2D eigenvalue weighted by Crippen LogP contribution is 2.47. The summed E-state index contributed by atoms with van der Waals surface area (Å²) in [5.41, 5.74) is 37.3. The normalized spacial score (nSPS) is 12.8. The Hall–Kier alpha value is -15.6. The minimum Gasteiger partial charge on any atom is -0.363 e. The molecule has 4 aliphatic rings. The van der Waals surface area contributed by atoms with Crippen LogP contribution in [-0.2, 0) is 48.9 Å². The lowest BCUT2D eigenvalue weighted by molar-refractivity contribution is 0.164. The van der Waals surface area contributed by atoms with E-state index in [1.807, 2.05) is 78.9 Å². The zero-order valence-electron chi connectivity index (χ0n) is 87.7. The predicted molar refractivity (Wildman–Crippen MR) is 609 cm³/mol. The second-order valence-corrected chi connectivity index (χ2v) is 47.2. The Balaban J connectivity index is 0.720. The minimum atomic E-state index is -1.88. The van der Waals surface area contributed by atoms with E-state index in [0.717, 1.165) is 167 Å². The smallest absolute Gasteiger partial charge is 0.214 e. The van der Waals surface area contributed by atoms with Crippen LogP contribution in [0.5, 0.6) is 0 Å². The number of aliphatic hydroxyl groups is 1. The van der Waals surface area contributed by atoms with Gasteiger partial charge in [0.15, 0.2) is 0 Å². The molecule has 9 nitrogen and oxygen atoms in total. The molecule has 16 bridgehead atoms. The van der Waals surface area contributed by atoms with Crippen LogP contribution >= 0.6 is 0 Å². The van der Waals surface area contributed by atoms with Crippen molar-refractivity contribution in [1.29, 1.82) is 0 Å². The van der Waals surface area contributed by atoms with Gasteiger partial charge in [0.2, 0.25) is 5.60 Å². The van der Waals surface area contributed by atoms with Crippen molar-refractivity contribution in [2.24, 2.45) is 0 Å². The van der Waals surface area contributed by atoms with E-state index in [-0.39, 0.29) is 43.3 Å². The average Bonchev–Trinajstić information content (AvgIpc) is 1.60. The number of benzene rings is 9. The third-order valence-corrected chi connectivity index (χ3v) is 27.8. The van der Waals surface area contributed by atoms with Crippen LogP contribution in [0.25, 0.3) is 160 Å². The summed E-state index contributed by atoms with van der Waals surface area (Å²) in [6.07, 6.45) is 17.2. The molecule has 0 amide bonds. The summed E-state index contributed by atoms with van der Waals surface area (Å²) in [5, 5.41) is 12.9. The van der Waals surface area contributed by atoms with Crippen molar-refractivity contribution in [1.82, 2.24) is 39.9 Å². The van der Waals surface area contributed by atoms with E-state index in [2.05, 4.69) is 464 Å². The van der Waals surface area contributed by atoms with E-state index in [1.165, 1.54) is 44.5 Å². The first-order valence-corrected chi connectivity index (χ1v) is 50.4. The summed E-state index contributed by atoms with van der Waals surface area (Å²) in [7, 11) is 0. The van der Waals surface area contributed by atoms with Crippen LogP contribution in [0.15, 0.2) is 261 Å². The summed E-state index contributed by atoms with van der Waals surface area (Å²) >= 11 is 0. The highest BCUT2D eigenvalue weighted by molar-refractivity contribution is 6.02. The lowest BCUT2D eigenvalue weighted by Crippen LogP contribution is -2.21. The second-order valence-electron chi connectivity index (χ2n) is 47.2. The van der Waals surface area contributed by atoms with Gasteiger partial charge in [0.05, 0.1) is 67.7 Å². The fourth-order valence-corrected chi connectivity index (χ4v) is 19.0. The third kappa shape index (κ3) is 20.4. The summed E-state index contributed by atoms with van der Waals surface area (Å²) in [5.74, 6) is 27.7. The van der Waals surface area contributed by atoms with Crippen LogP contribution in [0.3, 0.4) is 0 Å². The first kappa shape index (κ1) is 97.2. The SMILES string of the molecule is CC(C)(C)c1cc(-c2c3nc(c(-c4ccccc4)c4ccc([nH]4)c(-c4cc(C(C)(C)C)cc(C(C)(C)C)c4)c4nc(c(C#Cc5ccc(C#CC(O)(C#Cc6ccc(C#Cc7c8nc(c(-c9cc(C(C)(C)C)cc(C(C)(C)C)c9)c9ccc([nH]9)c(-c9ccccc9)c9nc(c(-c%10cc(C(C)(C)C)cc(C(C)(C)C)c%10)c%10ccc7[nH]%10)C=C9)C=C8)cc6)c6ccccc6)cc5)c5ccc2[nH]5)C=C4)C=C3)cc(C(C)(C)C)c1. The molecule has 10 heterocycles. The van der Waals surface area contributed by atoms with Crippen LogP contribution in [-0.4, -0.2) is 45.0 Å². The van der Waals surface area contributed by atoms with Gasteiger partial charge in [-0.1, -0.05) is 365 Å². The van der Waals surface area contributed by atoms with Gasteiger partial charge >= 0.3 is 0 Å². The van der Waals surface area contributed by atoms with Crippen molar-refractivity contribution in [3.05, 3.63) is 390 Å². The Labute approximate surface area is 851 Å². The summed E-state index contributed by atoms with van der Waals surface area (Å²) < 4.78 is 0. The van der Waals surface area contributed by atoms with E-state index >= 15 is 0 Å². The molecule has 0 unspecified atom stereocenters. The van der Waals surface area contributed by atoms with Gasteiger partial charge in [0, 0.05) is 94.3 Å². The van der Waals surface area contributed by atoms with Crippen LogP contribution in [0.4, 0.5) is 0 Å². The van der Waals surface area contributed by atoms with Crippen molar-refractivity contribution in [3.8, 4) is 114 Å². The fourth-order valence-electron chi connectivity index (χ4n) is 19.0. The highest BCUT2D eigenvalue weighted by Gasteiger charge is 2.32. The summed E-state index contributed by atoms with van der Waals surface area (Å²) in [6, 6.07) is 92.1. The van der Waals surface area contributed by atoms with Crippen LogP contribution in [0, 0.1) is 47.4 Å². The zero-order chi connectivity index (χ0) is 102. The first-order valence-electron chi connectivity index (χ1n) is 50.4. The fraction of sp³-hybridized carbons (Fsp3) is 0.244. The Morgan fingerprint density at radius 1 is 0.188 bits per heavy atom. The average molecular weight is 1880 g/mol. The van der Waals surface area contributed by atoms with E-state index in [4.69, 9.17) is 19.9 Å². The molecular weight excluding hydrogens is 1750 g/mol. The van der Waals surface area contributed by atoms with Crippen molar-refractivity contribution < 1.29 is 5.11 Å². The molecule has 714 valence electrons. The Kier molecular flexibility index (Phi) is 25.0. The number of aromatic amines is 4. The van der Waals surface area contributed by atoms with Crippen LogP contribution in [0.2, 0.25) is 0 Å². The van der Waals surface area contributed by atoms with Crippen LogP contribution in [0.1, 0.15) is 295 Å². The van der Waals surface area contributed by atoms with E-state index in [0.29, 0.717) is 28.1 Å². The molecule has 0 spiro atoms. The molecule has 0 saturated carbocycles. The lowest BCUT2D eigenvalue weighted by Gasteiger charge is -2.26. The number of H-pyrrole nitrogens is 4. The monoisotopic (exact) mass is 1880 g/mol. The van der Waals surface area contributed by atoms with Gasteiger partial charge in [-0.2, -0.15) is 0 Å². The molecule has 0 radical (unpaired) electrons. The molecule has 9 aromatic carbocycles. The molecule has 19 rings (SSSR count). The van der Waals surface area contributed by atoms with Gasteiger partial charge in [-0.05, 0) is 279 Å². The number of aromatic nitrogens is 8. The van der Waals surface area contributed by atoms with E-state index < -0.39 is 5.60 Å². The van der Waals surface area contributed by atoms with Gasteiger partial charge in [0.25, 0.3) is 0 Å². The van der Waals surface area contributed by atoms with Gasteiger partial charge < -0.3 is 25.0 Å². The minimum absolute atomic E-state index is 0.159. The van der Waals surface area contributed by atoms with E-state index in [1.54, 1.807) is 0 Å². The molecule has 4 aliphatic heterocycles. The van der Waals surface area contributed by atoms with Crippen molar-refractivity contribution in [2.45, 2.75) is 215 Å². The standard InChI is InChI=1S/C135H128N8O/c1-127(2,3)95-72-90(73-96(80-95)128(4,5)6)123-113-56-52-105(136-113)103(106-53-57-114(137-106)124(91-74-97(129(7,8)9)81-98(75-91)130(10,11)12)118-65-61-110(141-118)121(88-34-28-25-29-35-88)109-60-64-117(123)140-109)50-48-84-40-44-86(45-41-84)68-70-135(144,94-38-32-27-33-39-94)71-69-87-46-42-85(43-47-87)49-51-104-107-54-58-115(138-107)125(92-76-99(131(13,14)15)82-100(77-92)132(16,17)18)119-66-62-111(142-119)122(89-36-30-26-31-37-89)112-63-67-120(143-112)126(116-59-55-108(104)139-116)93-78-101(133(19,20)21)83-102(79-93)134(22,23)24/h25-47,52-67,72-83,136,138,141,143-144H,1-24H3. The van der Waals surface area contributed by atoms with Crippen molar-refractivity contribution in [3.63, 3.8) is 0 Å². The maximum Gasteiger partial charge on any atom is 0.214 e. The lowest BCUT2D eigenvalue weighted by atomic mass is 9.78. The molecule has 6 aromatic heterocycles. The number of nitrogens with one attached hydrogen (secondary N) is 4. The largest absolute Gasteiger partial charge is 0.363 e. The zero-order valence-corrected chi connectivity index (χ0v) is 87.7. The van der Waals surface area contributed by atoms with Gasteiger partial charge in [0.1, 0.15) is 0 Å². The molecule has 0 fully saturated rings. The number of nitrogens with zero attached hydrogens (tertiary/aromatic N) is 4. The Morgan fingerprint density at radius 3 is 0.618 bits per heavy atom. The van der Waals surface area contributed by atoms with Gasteiger partial charge in [-0.3, -0.25) is 0 Å². The summed E-state index contributed by atoms with van der Waals surface area (Å²) in [4.78, 5) is 38.8. The molecular formula is C135H128N8O. The third-order valence-electron chi connectivity index (χ3n) is 27.8. The molecule has 0 saturated heterocycles. The number of hydrogen-bond acceptors (Lipinski definition) is 5. The maximum absolute atomic E-state index is 12.9. The Morgan fingerprint density at radius 2 is 0.382 bits per heavy atom. The number of hydrogen-bond donors (Lipinski definition) is 5. The molecule has 144 heavy (non-hydrogen) atoms. The molecule has 0 atom stereocenters.